The van der Waals surface area contributed by atoms with E-state index in [-0.39, 0.29) is 54.9 Å². The van der Waals surface area contributed by atoms with E-state index < -0.39 is 11.6 Å². The molecule has 3 rings (SSSR count). The van der Waals surface area contributed by atoms with Gasteiger partial charge in [-0.3, -0.25) is 4.79 Å². The third-order valence-corrected chi connectivity index (χ3v) is 4.32. The molecule has 1 heterocycles. The molecule has 1 amide bonds. The molecule has 0 atom stereocenters. The van der Waals surface area contributed by atoms with E-state index in [0.29, 0.717) is 5.56 Å². The molecular formula is C22H19F3N2O2. The van der Waals surface area contributed by atoms with Crippen molar-refractivity contribution in [3.05, 3.63) is 90.2 Å². The van der Waals surface area contributed by atoms with Gasteiger partial charge in [0.05, 0.1) is 11.8 Å². The van der Waals surface area contributed by atoms with Crippen LogP contribution in [0.3, 0.4) is 0 Å². The van der Waals surface area contributed by atoms with Gasteiger partial charge in [0.15, 0.2) is 11.7 Å². The molecule has 0 saturated carbocycles. The molecule has 0 saturated heterocycles. The van der Waals surface area contributed by atoms with Crippen LogP contribution < -0.4 is 0 Å². The average Bonchev–Trinajstić information content (AvgIpc) is 3.16. The molecule has 0 N–H and O–H groups in total. The molecule has 0 unspecified atom stereocenters. The van der Waals surface area contributed by atoms with E-state index in [1.807, 2.05) is 0 Å². The summed E-state index contributed by atoms with van der Waals surface area (Å²) in [5, 5.41) is 0. The van der Waals surface area contributed by atoms with Gasteiger partial charge in [0.1, 0.15) is 17.5 Å². The van der Waals surface area contributed by atoms with Crippen molar-refractivity contribution in [2.75, 3.05) is 6.54 Å². The van der Waals surface area contributed by atoms with Crippen molar-refractivity contribution in [1.82, 2.24) is 9.88 Å². The topological polar surface area (TPSA) is 46.3 Å². The van der Waals surface area contributed by atoms with Crippen LogP contribution in [0.2, 0.25) is 0 Å². The van der Waals surface area contributed by atoms with Gasteiger partial charge in [-0.25, -0.2) is 18.2 Å². The number of nitrogens with zero attached hydrogens (tertiary/aromatic N) is 2. The molecule has 150 valence electrons. The maximum Gasteiger partial charge on any atom is 0.223 e. The Bertz CT molecular complexity index is 1020. The summed E-state index contributed by atoms with van der Waals surface area (Å²) in [5.74, 6) is -1.64. The molecule has 0 radical (unpaired) electrons. The summed E-state index contributed by atoms with van der Waals surface area (Å²) in [6.45, 7) is 4.02. The monoisotopic (exact) mass is 400 g/mol. The number of benzene rings is 2. The number of carbonyl (C=O) groups is 1. The van der Waals surface area contributed by atoms with E-state index >= 15 is 0 Å². The Balaban J connectivity index is 1.65. The second kappa shape index (κ2) is 9.23. The first-order valence-corrected chi connectivity index (χ1v) is 9.00. The minimum atomic E-state index is -0.758. The highest BCUT2D eigenvalue weighted by molar-refractivity contribution is 5.76. The van der Waals surface area contributed by atoms with Crippen LogP contribution in [0.15, 0.2) is 65.7 Å². The zero-order valence-corrected chi connectivity index (χ0v) is 15.6. The van der Waals surface area contributed by atoms with Gasteiger partial charge in [-0.1, -0.05) is 24.3 Å². The predicted molar refractivity (Wildman–Crippen MR) is 102 cm³/mol. The Hall–Kier alpha value is -3.35. The number of carbonyl (C=O) groups excluding carboxylic acids is 1. The van der Waals surface area contributed by atoms with Gasteiger partial charge in [0.25, 0.3) is 0 Å². The van der Waals surface area contributed by atoms with Crippen LogP contribution in [0, 0.1) is 17.5 Å². The van der Waals surface area contributed by atoms with Crippen LogP contribution >= 0.6 is 0 Å². The fourth-order valence-corrected chi connectivity index (χ4v) is 2.85. The second-order valence-corrected chi connectivity index (χ2v) is 6.40. The minimum Gasteiger partial charge on any atom is -0.441 e. The standard InChI is InChI=1S/C22H19F3N2O2/c1-2-11-27(14-15-5-3-4-6-18(15)24)22(28)10-9-21-26-13-20(29-21)17-8-7-16(23)12-19(17)25/h2-8,12-13H,1,9-11,14H2. The van der Waals surface area contributed by atoms with Gasteiger partial charge < -0.3 is 9.32 Å². The number of hydrogen-bond acceptors (Lipinski definition) is 3. The van der Waals surface area contributed by atoms with Crippen molar-refractivity contribution in [3.63, 3.8) is 0 Å². The van der Waals surface area contributed by atoms with Gasteiger partial charge in [0, 0.05) is 37.6 Å². The van der Waals surface area contributed by atoms with Crippen LogP contribution in [0.25, 0.3) is 11.3 Å². The largest absolute Gasteiger partial charge is 0.441 e. The van der Waals surface area contributed by atoms with Gasteiger partial charge in [-0.15, -0.1) is 6.58 Å². The smallest absolute Gasteiger partial charge is 0.223 e. The van der Waals surface area contributed by atoms with Crippen molar-refractivity contribution in [3.8, 4) is 11.3 Å². The number of oxazole rings is 1. The molecule has 0 aliphatic heterocycles. The van der Waals surface area contributed by atoms with E-state index in [0.717, 1.165) is 12.1 Å². The summed E-state index contributed by atoms with van der Waals surface area (Å²) in [6, 6.07) is 9.41. The van der Waals surface area contributed by atoms with Crippen LogP contribution in [0.5, 0.6) is 0 Å². The number of rotatable bonds is 8. The van der Waals surface area contributed by atoms with Crippen molar-refractivity contribution in [1.29, 1.82) is 0 Å². The molecule has 7 heteroatoms. The lowest BCUT2D eigenvalue weighted by Crippen LogP contribution is -2.31. The fourth-order valence-electron chi connectivity index (χ4n) is 2.85. The molecule has 2 aromatic carbocycles. The first kappa shape index (κ1) is 20.4. The molecule has 0 spiro atoms. The maximum absolute atomic E-state index is 13.9. The molecule has 0 aliphatic carbocycles. The SMILES string of the molecule is C=CCN(Cc1ccccc1F)C(=O)CCc1ncc(-c2ccc(F)cc2F)o1. The summed E-state index contributed by atoms with van der Waals surface area (Å²) >= 11 is 0. The summed E-state index contributed by atoms with van der Waals surface area (Å²) in [7, 11) is 0. The number of aryl methyl sites for hydroxylation is 1. The Kier molecular flexibility index (Phi) is 6.49. The molecular weight excluding hydrogens is 381 g/mol. The third kappa shape index (κ3) is 5.13. The second-order valence-electron chi connectivity index (χ2n) is 6.40. The van der Waals surface area contributed by atoms with Crippen LogP contribution in [-0.2, 0) is 17.8 Å². The van der Waals surface area contributed by atoms with Gasteiger partial charge in [0.2, 0.25) is 5.91 Å². The zero-order chi connectivity index (χ0) is 20.8. The lowest BCUT2D eigenvalue weighted by molar-refractivity contribution is -0.131. The maximum atomic E-state index is 13.9. The Morgan fingerprint density at radius 1 is 1.14 bits per heavy atom. The number of aromatic nitrogens is 1. The first-order valence-electron chi connectivity index (χ1n) is 9.00. The first-order chi connectivity index (χ1) is 14.0. The van der Waals surface area contributed by atoms with Crippen LogP contribution in [-0.4, -0.2) is 22.3 Å². The zero-order valence-electron chi connectivity index (χ0n) is 15.6. The van der Waals surface area contributed by atoms with E-state index in [4.69, 9.17) is 4.42 Å². The Morgan fingerprint density at radius 2 is 1.93 bits per heavy atom. The lowest BCUT2D eigenvalue weighted by atomic mass is 10.2. The summed E-state index contributed by atoms with van der Waals surface area (Å²) in [6.07, 6.45) is 3.16. The highest BCUT2D eigenvalue weighted by atomic mass is 19.1. The quantitative estimate of drug-likeness (QED) is 0.505. The van der Waals surface area contributed by atoms with Crippen molar-refractivity contribution in [2.24, 2.45) is 0 Å². The number of amides is 1. The third-order valence-electron chi connectivity index (χ3n) is 4.32. The number of halogens is 3. The molecule has 0 bridgehead atoms. The van der Waals surface area contributed by atoms with Gasteiger partial charge >= 0.3 is 0 Å². The summed E-state index contributed by atoms with van der Waals surface area (Å²) < 4.78 is 46.3. The average molecular weight is 400 g/mol. The molecule has 4 nitrogen and oxygen atoms in total. The lowest BCUT2D eigenvalue weighted by Gasteiger charge is -2.21. The van der Waals surface area contributed by atoms with E-state index in [9.17, 15) is 18.0 Å². The highest BCUT2D eigenvalue weighted by Gasteiger charge is 2.17. The van der Waals surface area contributed by atoms with Gasteiger partial charge in [-0.05, 0) is 18.2 Å². The Morgan fingerprint density at radius 3 is 2.66 bits per heavy atom. The van der Waals surface area contributed by atoms with Gasteiger partial charge in [-0.2, -0.15) is 0 Å². The number of hydrogen-bond donors (Lipinski definition) is 0. The van der Waals surface area contributed by atoms with Crippen molar-refractivity contribution < 1.29 is 22.4 Å². The van der Waals surface area contributed by atoms with Crippen LogP contribution in [0.1, 0.15) is 17.9 Å². The van der Waals surface area contributed by atoms with E-state index in [1.54, 1.807) is 24.3 Å². The molecule has 0 aliphatic rings. The predicted octanol–water partition coefficient (Wildman–Crippen LogP) is 4.91. The van der Waals surface area contributed by atoms with Crippen molar-refractivity contribution >= 4 is 5.91 Å². The fraction of sp³-hybridized carbons (Fsp3) is 0.182. The van der Waals surface area contributed by atoms with Crippen molar-refractivity contribution in [2.45, 2.75) is 19.4 Å². The van der Waals surface area contributed by atoms with E-state index in [1.165, 1.54) is 23.2 Å². The molecule has 3 aromatic rings. The molecule has 0 fully saturated rings. The van der Waals surface area contributed by atoms with E-state index in [2.05, 4.69) is 11.6 Å². The summed E-state index contributed by atoms with van der Waals surface area (Å²) in [4.78, 5) is 18.1. The Labute approximate surface area is 166 Å². The van der Waals surface area contributed by atoms with Crippen LogP contribution in [0.4, 0.5) is 13.2 Å². The molecule has 29 heavy (non-hydrogen) atoms. The highest BCUT2D eigenvalue weighted by Crippen LogP contribution is 2.24. The normalized spacial score (nSPS) is 10.7. The summed E-state index contributed by atoms with van der Waals surface area (Å²) in [5.41, 5.74) is 0.497. The molecule has 1 aromatic heterocycles. The minimum absolute atomic E-state index is 0.0775.